The highest BCUT2D eigenvalue weighted by Crippen LogP contribution is 2.43. The van der Waals surface area contributed by atoms with Crippen LogP contribution in [0.15, 0.2) is 24.5 Å². The summed E-state index contributed by atoms with van der Waals surface area (Å²) in [7, 11) is 1.56. The lowest BCUT2D eigenvalue weighted by atomic mass is 10.3. The van der Waals surface area contributed by atoms with E-state index in [0.29, 0.717) is 17.2 Å². The molecule has 0 aliphatic carbocycles. The highest BCUT2D eigenvalue weighted by Gasteiger charge is 2.17. The third-order valence-corrected chi connectivity index (χ3v) is 8.00. The fraction of sp³-hybridized carbons (Fsp3) is 0.333. The Morgan fingerprint density at radius 3 is 2.86 bits per heavy atom. The van der Waals surface area contributed by atoms with E-state index in [-0.39, 0.29) is 5.91 Å². The van der Waals surface area contributed by atoms with Crippen LogP contribution in [0.1, 0.15) is 0 Å². The smallest absolute Gasteiger partial charge is 0.234 e. The number of hydrogen-bond donors (Lipinski definition) is 1. The van der Waals surface area contributed by atoms with Crippen LogP contribution in [0.5, 0.6) is 5.75 Å². The Labute approximate surface area is 156 Å². The molecule has 0 atom stereocenters. The fourth-order valence-electron chi connectivity index (χ4n) is 1.59. The number of nitrogens with one attached hydrogen (secondary N) is 1. The molecule has 4 nitrogen and oxygen atoms in total. The SMILES string of the molecule is COc1c(NC(=O)CSC2=NCCS2)cc(Br)c(Br)c1Br. The summed E-state index contributed by atoms with van der Waals surface area (Å²) in [6.07, 6.45) is 0. The largest absolute Gasteiger partial charge is 0.493 e. The van der Waals surface area contributed by atoms with Crippen molar-refractivity contribution in [1.29, 1.82) is 0 Å². The number of thioether (sulfide) groups is 2. The fourth-order valence-corrected chi connectivity index (χ4v) is 4.97. The number of hydrogen-bond acceptors (Lipinski definition) is 5. The molecule has 1 aliphatic heterocycles. The van der Waals surface area contributed by atoms with Crippen LogP contribution < -0.4 is 10.1 Å². The van der Waals surface area contributed by atoms with E-state index in [1.807, 2.05) is 0 Å². The van der Waals surface area contributed by atoms with Crippen LogP contribution in [0, 0.1) is 0 Å². The lowest BCUT2D eigenvalue weighted by Crippen LogP contribution is -2.15. The summed E-state index contributed by atoms with van der Waals surface area (Å²) in [5.41, 5.74) is 0.617. The standard InChI is InChI=1S/C12H11Br3N2O2S2/c1-19-11-7(4-6(13)9(14)10(11)15)17-8(18)5-21-12-16-2-3-20-12/h4H,2-3,5H2,1H3,(H,17,18). The lowest BCUT2D eigenvalue weighted by Gasteiger charge is -2.14. The van der Waals surface area contributed by atoms with Crippen molar-refractivity contribution in [2.24, 2.45) is 4.99 Å². The summed E-state index contributed by atoms with van der Waals surface area (Å²) in [5, 5.41) is 2.86. The molecule has 1 amide bonds. The first-order valence-corrected chi connectivity index (χ1v) is 10.2. The van der Waals surface area contributed by atoms with E-state index in [1.165, 1.54) is 11.8 Å². The molecule has 1 N–H and O–H groups in total. The Morgan fingerprint density at radius 2 is 2.24 bits per heavy atom. The van der Waals surface area contributed by atoms with Crippen molar-refractivity contribution in [3.8, 4) is 5.75 Å². The van der Waals surface area contributed by atoms with E-state index in [9.17, 15) is 4.79 Å². The van der Waals surface area contributed by atoms with Gasteiger partial charge in [0.15, 0.2) is 5.75 Å². The van der Waals surface area contributed by atoms with Crippen LogP contribution in [0.4, 0.5) is 5.69 Å². The molecule has 0 saturated heterocycles. The van der Waals surface area contributed by atoms with Crippen molar-refractivity contribution < 1.29 is 9.53 Å². The van der Waals surface area contributed by atoms with E-state index < -0.39 is 0 Å². The number of halogens is 3. The predicted octanol–water partition coefficient (Wildman–Crippen LogP) is 4.76. The van der Waals surface area contributed by atoms with Gasteiger partial charge in [0.2, 0.25) is 5.91 Å². The third kappa shape index (κ3) is 4.63. The number of rotatable bonds is 4. The molecule has 0 unspecified atom stereocenters. The number of aliphatic imine (C=N–C) groups is 1. The zero-order valence-corrected chi connectivity index (χ0v) is 17.3. The summed E-state index contributed by atoms with van der Waals surface area (Å²) in [6.45, 7) is 0.842. The topological polar surface area (TPSA) is 50.7 Å². The molecule has 114 valence electrons. The summed E-state index contributed by atoms with van der Waals surface area (Å²) >= 11 is 13.5. The van der Waals surface area contributed by atoms with E-state index >= 15 is 0 Å². The average Bonchev–Trinajstić information content (AvgIpc) is 2.96. The monoisotopic (exact) mass is 516 g/mol. The Balaban J connectivity index is 2.06. The minimum Gasteiger partial charge on any atom is -0.493 e. The maximum absolute atomic E-state index is 12.1. The molecule has 0 spiro atoms. The van der Waals surface area contributed by atoms with Gasteiger partial charge in [0.25, 0.3) is 0 Å². The molecule has 1 aliphatic rings. The van der Waals surface area contributed by atoms with Crippen molar-refractivity contribution in [2.45, 2.75) is 0 Å². The van der Waals surface area contributed by atoms with Gasteiger partial charge in [-0.1, -0.05) is 23.5 Å². The van der Waals surface area contributed by atoms with Crippen LogP contribution >= 0.6 is 71.3 Å². The molecule has 0 bridgehead atoms. The Hall–Kier alpha value is 0.300. The summed E-state index contributed by atoms with van der Waals surface area (Å²) in [6, 6.07) is 1.80. The van der Waals surface area contributed by atoms with Crippen molar-refractivity contribution in [1.82, 2.24) is 0 Å². The normalized spacial score (nSPS) is 14.0. The second-order valence-corrected chi connectivity index (χ2v) is 8.65. The number of carbonyl (C=O) groups is 1. The van der Waals surface area contributed by atoms with Crippen molar-refractivity contribution in [3.05, 3.63) is 19.5 Å². The van der Waals surface area contributed by atoms with Crippen LogP contribution in [0.3, 0.4) is 0 Å². The van der Waals surface area contributed by atoms with Gasteiger partial charge in [0, 0.05) is 14.7 Å². The van der Waals surface area contributed by atoms with Crippen molar-refractivity contribution >= 4 is 87.3 Å². The first-order valence-electron chi connectivity index (χ1n) is 5.84. The van der Waals surface area contributed by atoms with Gasteiger partial charge in [0.1, 0.15) is 4.38 Å². The Morgan fingerprint density at radius 1 is 1.48 bits per heavy atom. The number of methoxy groups -OCH3 is 1. The molecule has 21 heavy (non-hydrogen) atoms. The third-order valence-electron chi connectivity index (χ3n) is 2.48. The van der Waals surface area contributed by atoms with Crippen LogP contribution in [-0.2, 0) is 4.79 Å². The van der Waals surface area contributed by atoms with Gasteiger partial charge in [-0.15, -0.1) is 0 Å². The van der Waals surface area contributed by atoms with Crippen molar-refractivity contribution in [2.75, 3.05) is 30.5 Å². The number of amides is 1. The minimum absolute atomic E-state index is 0.0883. The van der Waals surface area contributed by atoms with E-state index in [4.69, 9.17) is 4.74 Å². The molecule has 1 aromatic carbocycles. The van der Waals surface area contributed by atoms with Crippen LogP contribution in [0.25, 0.3) is 0 Å². The van der Waals surface area contributed by atoms with Gasteiger partial charge in [-0.2, -0.15) is 0 Å². The summed E-state index contributed by atoms with van der Waals surface area (Å²) in [5.74, 6) is 1.83. The van der Waals surface area contributed by atoms with E-state index in [2.05, 4.69) is 58.1 Å². The molecule has 0 saturated carbocycles. The molecular weight excluding hydrogens is 508 g/mol. The van der Waals surface area contributed by atoms with E-state index in [0.717, 1.165) is 30.1 Å². The zero-order chi connectivity index (χ0) is 15.4. The second-order valence-electron chi connectivity index (χ2n) is 3.90. The highest BCUT2D eigenvalue weighted by atomic mass is 79.9. The second kappa shape index (κ2) is 8.24. The molecule has 1 heterocycles. The molecular formula is C12H11Br3N2O2S2. The maximum atomic E-state index is 12.1. The summed E-state index contributed by atoms with van der Waals surface area (Å²) in [4.78, 5) is 16.4. The number of benzene rings is 1. The first kappa shape index (κ1) is 17.7. The van der Waals surface area contributed by atoms with Crippen LogP contribution in [-0.4, -0.2) is 35.4 Å². The minimum atomic E-state index is -0.0883. The van der Waals surface area contributed by atoms with Gasteiger partial charge in [-0.3, -0.25) is 9.79 Å². The number of ether oxygens (including phenoxy) is 1. The van der Waals surface area contributed by atoms with Crippen molar-refractivity contribution in [3.63, 3.8) is 0 Å². The van der Waals surface area contributed by atoms with Gasteiger partial charge < -0.3 is 10.1 Å². The Kier molecular flexibility index (Phi) is 6.92. The molecule has 0 radical (unpaired) electrons. The van der Waals surface area contributed by atoms with E-state index in [1.54, 1.807) is 24.9 Å². The zero-order valence-electron chi connectivity index (χ0n) is 10.9. The highest BCUT2D eigenvalue weighted by molar-refractivity contribution is 9.14. The first-order chi connectivity index (χ1) is 10.0. The quantitative estimate of drug-likeness (QED) is 0.584. The number of carbonyl (C=O) groups excluding carboxylic acids is 1. The van der Waals surface area contributed by atoms with Gasteiger partial charge in [0.05, 0.1) is 29.6 Å². The molecule has 0 fully saturated rings. The molecule has 2 rings (SSSR count). The predicted molar refractivity (Wildman–Crippen MR) is 102 cm³/mol. The van der Waals surface area contributed by atoms with Gasteiger partial charge >= 0.3 is 0 Å². The lowest BCUT2D eigenvalue weighted by molar-refractivity contribution is -0.113. The van der Waals surface area contributed by atoms with Crippen LogP contribution in [0.2, 0.25) is 0 Å². The average molecular weight is 519 g/mol. The van der Waals surface area contributed by atoms with Gasteiger partial charge in [-0.05, 0) is 53.9 Å². The molecule has 9 heteroatoms. The summed E-state index contributed by atoms with van der Waals surface area (Å²) < 4.78 is 8.74. The molecule has 1 aromatic rings. The molecule has 0 aromatic heterocycles. The number of nitrogens with zero attached hydrogens (tertiary/aromatic N) is 1. The van der Waals surface area contributed by atoms with Gasteiger partial charge in [-0.25, -0.2) is 0 Å². The maximum Gasteiger partial charge on any atom is 0.234 e. The number of anilines is 1. The Bertz CT molecular complexity index is 596.